The van der Waals surface area contributed by atoms with Crippen molar-refractivity contribution >= 4 is 16.7 Å². The van der Waals surface area contributed by atoms with Crippen LogP contribution in [0.2, 0.25) is 0 Å². The first-order valence-corrected chi connectivity index (χ1v) is 10.5. The Labute approximate surface area is 175 Å². The lowest BCUT2D eigenvalue weighted by atomic mass is 9.78. The molecule has 1 saturated carbocycles. The Hall–Kier alpha value is -3.15. The quantitative estimate of drug-likeness (QED) is 0.713. The summed E-state index contributed by atoms with van der Waals surface area (Å²) in [6.45, 7) is 4.43. The van der Waals surface area contributed by atoms with Crippen LogP contribution in [-0.4, -0.2) is 28.8 Å². The van der Waals surface area contributed by atoms with Gasteiger partial charge >= 0.3 is 0 Å². The molecule has 0 unspecified atom stereocenters. The van der Waals surface area contributed by atoms with Gasteiger partial charge < -0.3 is 10.1 Å². The van der Waals surface area contributed by atoms with Crippen LogP contribution in [0.5, 0.6) is 5.75 Å². The molecular formula is C24H27N3O3. The smallest absolute Gasteiger partial charge is 0.279 e. The minimum absolute atomic E-state index is 0.110. The lowest BCUT2D eigenvalue weighted by molar-refractivity contribution is 0.0886. The van der Waals surface area contributed by atoms with Crippen molar-refractivity contribution in [2.75, 3.05) is 7.11 Å². The van der Waals surface area contributed by atoms with Gasteiger partial charge in [0.05, 0.1) is 18.2 Å². The number of aromatic nitrogens is 2. The number of benzene rings is 2. The first-order valence-electron chi connectivity index (χ1n) is 10.5. The molecule has 1 fully saturated rings. The van der Waals surface area contributed by atoms with E-state index in [2.05, 4.69) is 24.3 Å². The van der Waals surface area contributed by atoms with Gasteiger partial charge in [0.1, 0.15) is 5.75 Å². The molecule has 3 atom stereocenters. The molecule has 1 amide bonds. The predicted octanol–water partition coefficient (Wildman–Crippen LogP) is 3.95. The highest BCUT2D eigenvalue weighted by molar-refractivity contribution is 6.05. The van der Waals surface area contributed by atoms with E-state index in [0.29, 0.717) is 34.0 Å². The summed E-state index contributed by atoms with van der Waals surface area (Å²) in [6.07, 6.45) is 3.26. The molecule has 1 aliphatic carbocycles. The van der Waals surface area contributed by atoms with Gasteiger partial charge in [0.15, 0.2) is 5.69 Å². The standard InChI is InChI=1S/C24H27N3O3/c1-15-8-6-13-21(16(15)2)25-23(28)22-19-11-4-5-12-20(19)24(29)27(26-22)17-9-7-10-18(14-17)30-3/h4-5,7,9-12,14-16,21H,6,8,13H2,1-3H3,(H,25,28)/t15-,16-,21+/m0/s1. The molecule has 1 aromatic heterocycles. The molecule has 0 saturated heterocycles. The van der Waals surface area contributed by atoms with Crippen molar-refractivity contribution in [3.05, 3.63) is 64.6 Å². The predicted molar refractivity (Wildman–Crippen MR) is 117 cm³/mol. The molecule has 30 heavy (non-hydrogen) atoms. The van der Waals surface area contributed by atoms with Crippen molar-refractivity contribution in [2.24, 2.45) is 11.8 Å². The number of ether oxygens (including phenoxy) is 1. The van der Waals surface area contributed by atoms with Crippen LogP contribution in [0, 0.1) is 11.8 Å². The number of hydrogen-bond donors (Lipinski definition) is 1. The van der Waals surface area contributed by atoms with Crippen molar-refractivity contribution < 1.29 is 9.53 Å². The van der Waals surface area contributed by atoms with Gasteiger partial charge in [-0.25, -0.2) is 0 Å². The van der Waals surface area contributed by atoms with E-state index in [1.807, 2.05) is 6.07 Å². The van der Waals surface area contributed by atoms with E-state index >= 15 is 0 Å². The maximum atomic E-state index is 13.3. The average Bonchev–Trinajstić information content (AvgIpc) is 2.77. The van der Waals surface area contributed by atoms with Crippen LogP contribution in [0.4, 0.5) is 0 Å². The molecular weight excluding hydrogens is 378 g/mol. The highest BCUT2D eigenvalue weighted by Crippen LogP contribution is 2.30. The van der Waals surface area contributed by atoms with Gasteiger partial charge in [-0.05, 0) is 36.5 Å². The first kappa shape index (κ1) is 20.1. The summed E-state index contributed by atoms with van der Waals surface area (Å²) in [5.74, 6) is 1.34. The molecule has 2 aromatic carbocycles. The van der Waals surface area contributed by atoms with Gasteiger partial charge in [-0.1, -0.05) is 51.0 Å². The average molecular weight is 405 g/mol. The van der Waals surface area contributed by atoms with Crippen molar-refractivity contribution in [1.29, 1.82) is 0 Å². The topological polar surface area (TPSA) is 73.2 Å². The summed E-state index contributed by atoms with van der Waals surface area (Å²) in [4.78, 5) is 26.4. The zero-order chi connectivity index (χ0) is 21.3. The van der Waals surface area contributed by atoms with Crippen LogP contribution in [-0.2, 0) is 0 Å². The number of carbonyl (C=O) groups is 1. The third-order valence-corrected chi connectivity index (χ3v) is 6.34. The van der Waals surface area contributed by atoms with Crippen molar-refractivity contribution in [1.82, 2.24) is 15.1 Å². The number of nitrogens with one attached hydrogen (secondary N) is 1. The largest absolute Gasteiger partial charge is 0.497 e. The normalized spacial score (nSPS) is 21.4. The Balaban J connectivity index is 1.80. The monoisotopic (exact) mass is 405 g/mol. The lowest BCUT2D eigenvalue weighted by Gasteiger charge is -2.34. The van der Waals surface area contributed by atoms with Crippen molar-refractivity contribution in [3.8, 4) is 11.4 Å². The van der Waals surface area contributed by atoms with Crippen LogP contribution in [0.1, 0.15) is 43.6 Å². The molecule has 3 aromatic rings. The third-order valence-electron chi connectivity index (χ3n) is 6.34. The van der Waals surface area contributed by atoms with Crippen LogP contribution in [0.3, 0.4) is 0 Å². The third kappa shape index (κ3) is 3.70. The molecule has 4 rings (SSSR count). The van der Waals surface area contributed by atoms with Gasteiger partial charge in [-0.15, -0.1) is 0 Å². The van der Waals surface area contributed by atoms with E-state index in [-0.39, 0.29) is 23.2 Å². The molecule has 1 N–H and O–H groups in total. The summed E-state index contributed by atoms with van der Waals surface area (Å²) in [7, 11) is 1.57. The number of carbonyl (C=O) groups excluding carboxylic acids is 1. The van der Waals surface area contributed by atoms with Crippen LogP contribution >= 0.6 is 0 Å². The van der Waals surface area contributed by atoms with E-state index in [1.54, 1.807) is 49.6 Å². The van der Waals surface area contributed by atoms with Gasteiger partial charge in [-0.3, -0.25) is 9.59 Å². The fourth-order valence-electron chi connectivity index (χ4n) is 4.30. The maximum Gasteiger partial charge on any atom is 0.279 e. The number of nitrogens with zero attached hydrogens (tertiary/aromatic N) is 2. The van der Waals surface area contributed by atoms with Crippen LogP contribution in [0.25, 0.3) is 16.5 Å². The van der Waals surface area contributed by atoms with E-state index in [0.717, 1.165) is 12.8 Å². The SMILES string of the molecule is COc1cccc(-n2nc(C(=O)N[C@@H]3CCC[C@H](C)[C@@H]3C)c3ccccc3c2=O)c1. The Morgan fingerprint density at radius 2 is 1.87 bits per heavy atom. The molecule has 0 aliphatic heterocycles. The molecule has 156 valence electrons. The fourth-order valence-corrected chi connectivity index (χ4v) is 4.30. The zero-order valence-corrected chi connectivity index (χ0v) is 17.6. The fraction of sp³-hybridized carbons (Fsp3) is 0.375. The second-order valence-corrected chi connectivity index (χ2v) is 8.16. The van der Waals surface area contributed by atoms with Gasteiger partial charge in [0, 0.05) is 17.5 Å². The second-order valence-electron chi connectivity index (χ2n) is 8.16. The van der Waals surface area contributed by atoms with E-state index in [9.17, 15) is 9.59 Å². The second kappa shape index (κ2) is 8.30. The van der Waals surface area contributed by atoms with Gasteiger partial charge in [0.2, 0.25) is 0 Å². The molecule has 0 bridgehead atoms. The highest BCUT2D eigenvalue weighted by atomic mass is 16.5. The van der Waals surface area contributed by atoms with E-state index in [1.165, 1.54) is 11.1 Å². The lowest BCUT2D eigenvalue weighted by Crippen LogP contribution is -2.44. The number of fused-ring (bicyclic) bond motifs is 1. The number of hydrogen-bond acceptors (Lipinski definition) is 4. The first-order chi connectivity index (χ1) is 14.5. The van der Waals surface area contributed by atoms with Crippen molar-refractivity contribution in [3.63, 3.8) is 0 Å². The van der Waals surface area contributed by atoms with E-state index < -0.39 is 0 Å². The Bertz CT molecular complexity index is 1140. The molecule has 1 aliphatic rings. The highest BCUT2D eigenvalue weighted by Gasteiger charge is 2.29. The van der Waals surface area contributed by atoms with Gasteiger partial charge in [-0.2, -0.15) is 9.78 Å². The van der Waals surface area contributed by atoms with Crippen molar-refractivity contribution in [2.45, 2.75) is 39.2 Å². The zero-order valence-electron chi connectivity index (χ0n) is 17.6. The molecule has 6 nitrogen and oxygen atoms in total. The minimum Gasteiger partial charge on any atom is -0.497 e. The molecule has 1 heterocycles. The Morgan fingerprint density at radius 3 is 2.63 bits per heavy atom. The van der Waals surface area contributed by atoms with Crippen LogP contribution in [0.15, 0.2) is 53.3 Å². The van der Waals surface area contributed by atoms with E-state index in [4.69, 9.17) is 4.74 Å². The molecule has 0 spiro atoms. The Kier molecular flexibility index (Phi) is 5.57. The summed E-state index contributed by atoms with van der Waals surface area (Å²) < 4.78 is 6.57. The number of amides is 1. The van der Waals surface area contributed by atoms with Gasteiger partial charge in [0.25, 0.3) is 11.5 Å². The summed E-state index contributed by atoms with van der Waals surface area (Å²) in [5.41, 5.74) is 0.548. The molecule has 6 heteroatoms. The Morgan fingerprint density at radius 1 is 1.10 bits per heavy atom. The number of methoxy groups -OCH3 is 1. The summed E-state index contributed by atoms with van der Waals surface area (Å²) in [5, 5.41) is 8.71. The maximum absolute atomic E-state index is 13.3. The number of rotatable bonds is 4. The summed E-state index contributed by atoms with van der Waals surface area (Å²) in [6, 6.07) is 14.3. The summed E-state index contributed by atoms with van der Waals surface area (Å²) >= 11 is 0. The minimum atomic E-state index is -0.268. The molecule has 0 radical (unpaired) electrons. The van der Waals surface area contributed by atoms with Crippen LogP contribution < -0.4 is 15.6 Å².